The van der Waals surface area contributed by atoms with Crippen LogP contribution in [0.25, 0.3) is 0 Å². The molecular weight excluding hydrogens is 457 g/mol. The van der Waals surface area contributed by atoms with E-state index in [4.69, 9.17) is 27.9 Å². The molecule has 1 unspecified atom stereocenters. The number of nitrogens with zero attached hydrogens (tertiary/aromatic N) is 1. The highest BCUT2D eigenvalue weighted by atomic mass is 35.5. The van der Waals surface area contributed by atoms with Crippen molar-refractivity contribution in [1.82, 2.24) is 10.2 Å². The van der Waals surface area contributed by atoms with E-state index in [1.165, 1.54) is 5.56 Å². The molecule has 2 aromatic carbocycles. The Kier molecular flexibility index (Phi) is 8.91. The summed E-state index contributed by atoms with van der Waals surface area (Å²) < 4.78 is 5.17. The fourth-order valence-electron chi connectivity index (χ4n) is 4.17. The number of hydrogen-bond donors (Lipinski definition) is 2. The number of amides is 2. The van der Waals surface area contributed by atoms with Crippen LogP contribution in [-0.2, 0) is 6.42 Å². The summed E-state index contributed by atoms with van der Waals surface area (Å²) in [6, 6.07) is 13.1. The molecule has 0 radical (unpaired) electrons. The number of rotatable bonds is 7. The van der Waals surface area contributed by atoms with Gasteiger partial charge < -0.3 is 20.3 Å². The third-order valence-electron chi connectivity index (χ3n) is 6.35. The Morgan fingerprint density at radius 2 is 1.76 bits per heavy atom. The van der Waals surface area contributed by atoms with Gasteiger partial charge in [0.05, 0.1) is 17.2 Å². The maximum atomic E-state index is 12.7. The Balaban J connectivity index is 1.50. The van der Waals surface area contributed by atoms with Gasteiger partial charge in [0.15, 0.2) is 0 Å². The van der Waals surface area contributed by atoms with Gasteiger partial charge in [0.25, 0.3) is 0 Å². The number of benzene rings is 2. The molecule has 1 atom stereocenters. The number of nitrogens with one attached hydrogen (secondary N) is 2. The van der Waals surface area contributed by atoms with Gasteiger partial charge in [-0.25, -0.2) is 4.79 Å². The number of methoxy groups -OCH3 is 1. The van der Waals surface area contributed by atoms with Crippen molar-refractivity contribution in [3.05, 3.63) is 58.1 Å². The van der Waals surface area contributed by atoms with Gasteiger partial charge >= 0.3 is 6.03 Å². The number of piperidine rings is 1. The summed E-state index contributed by atoms with van der Waals surface area (Å²) in [7, 11) is 1.62. The first-order valence-electron chi connectivity index (χ1n) is 11.5. The number of carbonyl (C=O) groups excluding carboxylic acids is 1. The molecule has 0 saturated carbocycles. The number of hydrogen-bond acceptors (Lipinski definition) is 3. The van der Waals surface area contributed by atoms with Crippen molar-refractivity contribution in [2.75, 3.05) is 32.1 Å². The van der Waals surface area contributed by atoms with Gasteiger partial charge in [-0.1, -0.05) is 50.0 Å². The average Bonchev–Trinajstić information content (AvgIpc) is 2.77. The number of carbonyl (C=O) groups is 1. The zero-order valence-electron chi connectivity index (χ0n) is 20.0. The van der Waals surface area contributed by atoms with E-state index in [0.717, 1.165) is 50.3 Å². The van der Waals surface area contributed by atoms with Crippen LogP contribution in [0.15, 0.2) is 42.5 Å². The summed E-state index contributed by atoms with van der Waals surface area (Å²) in [4.78, 5) is 15.1. The van der Waals surface area contributed by atoms with E-state index in [1.54, 1.807) is 7.11 Å². The zero-order chi connectivity index (χ0) is 24.0. The van der Waals surface area contributed by atoms with E-state index < -0.39 is 0 Å². The minimum atomic E-state index is -0.186. The molecule has 7 heteroatoms. The van der Waals surface area contributed by atoms with Crippen molar-refractivity contribution < 1.29 is 9.53 Å². The van der Waals surface area contributed by atoms with Gasteiger partial charge in [-0.2, -0.15) is 0 Å². The highest BCUT2D eigenvalue weighted by molar-refractivity contribution is 6.42. The van der Waals surface area contributed by atoms with Gasteiger partial charge in [-0.15, -0.1) is 0 Å². The number of halogens is 2. The van der Waals surface area contributed by atoms with E-state index in [1.807, 2.05) is 36.4 Å². The van der Waals surface area contributed by atoms with Gasteiger partial charge in [0.2, 0.25) is 0 Å². The SMILES string of the molecule is COc1ccc(NC(=O)NC(CN2CCC(Cc3ccc(Cl)c(Cl)c3)CC2)C(C)(C)C)cc1. The second-order valence-corrected chi connectivity index (χ2v) is 10.8. The molecule has 1 heterocycles. The predicted molar refractivity (Wildman–Crippen MR) is 138 cm³/mol. The number of anilines is 1. The lowest BCUT2D eigenvalue weighted by atomic mass is 9.85. The topological polar surface area (TPSA) is 53.6 Å². The van der Waals surface area contributed by atoms with Crippen molar-refractivity contribution in [3.8, 4) is 5.75 Å². The first kappa shape index (κ1) is 25.7. The fourth-order valence-corrected chi connectivity index (χ4v) is 4.49. The lowest BCUT2D eigenvalue weighted by molar-refractivity contribution is 0.135. The van der Waals surface area contributed by atoms with Crippen molar-refractivity contribution in [1.29, 1.82) is 0 Å². The quantitative estimate of drug-likeness (QED) is 0.464. The fraction of sp³-hybridized carbons (Fsp3) is 0.500. The second-order valence-electron chi connectivity index (χ2n) is 9.94. The Bertz CT molecular complexity index is 920. The highest BCUT2D eigenvalue weighted by Gasteiger charge is 2.30. The Morgan fingerprint density at radius 1 is 1.09 bits per heavy atom. The van der Waals surface area contributed by atoms with E-state index in [0.29, 0.717) is 16.0 Å². The van der Waals surface area contributed by atoms with Gasteiger partial charge in [-0.05, 0) is 85.6 Å². The molecule has 1 aliphatic rings. The first-order chi connectivity index (χ1) is 15.6. The van der Waals surface area contributed by atoms with E-state index in [2.05, 4.69) is 42.4 Å². The van der Waals surface area contributed by atoms with Crippen molar-refractivity contribution >= 4 is 34.9 Å². The molecule has 0 aromatic heterocycles. The van der Waals surface area contributed by atoms with Crippen molar-refractivity contribution in [2.45, 2.75) is 46.1 Å². The molecule has 1 fully saturated rings. The van der Waals surface area contributed by atoms with Gasteiger partial charge in [-0.3, -0.25) is 0 Å². The predicted octanol–water partition coefficient (Wildman–Crippen LogP) is 6.49. The summed E-state index contributed by atoms with van der Waals surface area (Å²) in [5.41, 5.74) is 1.92. The van der Waals surface area contributed by atoms with Crippen LogP contribution in [0.3, 0.4) is 0 Å². The lowest BCUT2D eigenvalue weighted by Gasteiger charge is -2.39. The summed E-state index contributed by atoms with van der Waals surface area (Å²) in [5, 5.41) is 7.35. The third kappa shape index (κ3) is 7.80. The summed E-state index contributed by atoms with van der Waals surface area (Å²) >= 11 is 12.2. The molecule has 180 valence electrons. The van der Waals surface area contributed by atoms with E-state index in [-0.39, 0.29) is 17.5 Å². The maximum absolute atomic E-state index is 12.7. The smallest absolute Gasteiger partial charge is 0.319 e. The minimum absolute atomic E-state index is 0.0300. The molecule has 1 saturated heterocycles. The normalized spacial score (nSPS) is 16.3. The Morgan fingerprint density at radius 3 is 2.33 bits per heavy atom. The molecule has 0 bridgehead atoms. The number of ether oxygens (including phenoxy) is 1. The molecule has 1 aliphatic heterocycles. The third-order valence-corrected chi connectivity index (χ3v) is 7.09. The van der Waals surface area contributed by atoms with Crippen LogP contribution >= 0.6 is 23.2 Å². The molecule has 33 heavy (non-hydrogen) atoms. The number of likely N-dealkylation sites (tertiary alicyclic amines) is 1. The monoisotopic (exact) mass is 491 g/mol. The molecule has 2 aromatic rings. The molecular formula is C26H35Cl2N3O2. The van der Waals surface area contributed by atoms with E-state index >= 15 is 0 Å². The molecule has 2 N–H and O–H groups in total. The average molecular weight is 492 g/mol. The van der Waals surface area contributed by atoms with Crippen LogP contribution in [0, 0.1) is 11.3 Å². The summed E-state index contributed by atoms with van der Waals surface area (Å²) in [5.74, 6) is 1.40. The first-order valence-corrected chi connectivity index (χ1v) is 12.3. The van der Waals surface area contributed by atoms with Crippen LogP contribution in [0.5, 0.6) is 5.75 Å². The van der Waals surface area contributed by atoms with Crippen LogP contribution in [0.2, 0.25) is 10.0 Å². The standard InChI is InChI=1S/C26H35Cl2N3O2/c1-26(2,3)24(30-25(32)29-20-6-8-21(33-4)9-7-20)17-31-13-11-18(12-14-31)15-19-5-10-22(27)23(28)16-19/h5-10,16,18,24H,11-15,17H2,1-4H3,(H2,29,30,32). The lowest BCUT2D eigenvalue weighted by Crippen LogP contribution is -2.53. The molecule has 3 rings (SSSR count). The maximum Gasteiger partial charge on any atom is 0.319 e. The summed E-state index contributed by atoms with van der Waals surface area (Å²) in [6.07, 6.45) is 3.29. The van der Waals surface area contributed by atoms with Gasteiger partial charge in [0, 0.05) is 18.3 Å². The summed E-state index contributed by atoms with van der Waals surface area (Å²) in [6.45, 7) is 9.40. The van der Waals surface area contributed by atoms with Crippen molar-refractivity contribution in [2.24, 2.45) is 11.3 Å². The second kappa shape index (κ2) is 11.5. The molecule has 0 spiro atoms. The van der Waals surface area contributed by atoms with Crippen LogP contribution in [-0.4, -0.2) is 43.7 Å². The van der Waals surface area contributed by atoms with E-state index in [9.17, 15) is 4.79 Å². The molecule has 5 nitrogen and oxygen atoms in total. The van der Waals surface area contributed by atoms with Crippen LogP contribution in [0.1, 0.15) is 39.2 Å². The van der Waals surface area contributed by atoms with Gasteiger partial charge in [0.1, 0.15) is 5.75 Å². The number of urea groups is 1. The highest BCUT2D eigenvalue weighted by Crippen LogP contribution is 2.28. The Hall–Kier alpha value is -1.95. The van der Waals surface area contributed by atoms with Crippen LogP contribution in [0.4, 0.5) is 10.5 Å². The van der Waals surface area contributed by atoms with Crippen LogP contribution < -0.4 is 15.4 Å². The Labute approximate surface area is 207 Å². The minimum Gasteiger partial charge on any atom is -0.497 e. The largest absolute Gasteiger partial charge is 0.497 e. The zero-order valence-corrected chi connectivity index (χ0v) is 21.5. The van der Waals surface area contributed by atoms with Crippen molar-refractivity contribution in [3.63, 3.8) is 0 Å². The molecule has 0 aliphatic carbocycles. The molecule has 2 amide bonds.